The number of amides is 1. The lowest BCUT2D eigenvalue weighted by molar-refractivity contribution is -0.117. The summed E-state index contributed by atoms with van der Waals surface area (Å²) in [6.45, 7) is 3.25. The van der Waals surface area contributed by atoms with E-state index in [4.69, 9.17) is 13.5 Å². The SMILES string of the molecule is CC(=O)NS(=O)(=O)O[C@H]1CC[C@H]2[C@@H]3CCc4cc(OS(N)(=O)=O)ccc4[C@H]3CC[C@]12C. The Morgan fingerprint density at radius 2 is 1.90 bits per heavy atom. The third-order valence-corrected chi connectivity index (χ3v) is 8.78. The first-order chi connectivity index (χ1) is 14.4. The highest BCUT2D eigenvalue weighted by Gasteiger charge is 2.56. The van der Waals surface area contributed by atoms with Gasteiger partial charge in [-0.05, 0) is 85.0 Å². The second kappa shape index (κ2) is 7.72. The lowest BCUT2D eigenvalue weighted by atomic mass is 9.55. The number of nitrogens with two attached hydrogens (primary N) is 1. The molecule has 0 radical (unpaired) electrons. The fraction of sp³-hybridized carbons (Fsp3) is 0.650. The maximum atomic E-state index is 12.2. The minimum atomic E-state index is -4.12. The maximum absolute atomic E-state index is 12.2. The number of nitrogens with one attached hydrogen (secondary N) is 1. The van der Waals surface area contributed by atoms with Gasteiger partial charge in [-0.25, -0.2) is 8.91 Å². The van der Waals surface area contributed by atoms with Gasteiger partial charge in [-0.2, -0.15) is 22.0 Å². The summed E-state index contributed by atoms with van der Waals surface area (Å²) in [5.74, 6) is 0.595. The van der Waals surface area contributed by atoms with Crippen molar-refractivity contribution in [3.05, 3.63) is 29.3 Å². The van der Waals surface area contributed by atoms with Crippen LogP contribution in [0.2, 0.25) is 0 Å². The van der Waals surface area contributed by atoms with Crippen LogP contribution in [0.3, 0.4) is 0 Å². The highest BCUT2D eigenvalue weighted by atomic mass is 32.2. The van der Waals surface area contributed by atoms with Gasteiger partial charge in [-0.15, -0.1) is 0 Å². The van der Waals surface area contributed by atoms with Crippen LogP contribution in [0, 0.1) is 17.3 Å². The van der Waals surface area contributed by atoms with Gasteiger partial charge in [0.05, 0.1) is 6.10 Å². The summed E-state index contributed by atoms with van der Waals surface area (Å²) in [5, 5.41) is 4.98. The molecule has 31 heavy (non-hydrogen) atoms. The van der Waals surface area contributed by atoms with Crippen molar-refractivity contribution in [3.8, 4) is 5.75 Å². The molecule has 2 fully saturated rings. The highest BCUT2D eigenvalue weighted by Crippen LogP contribution is 2.61. The van der Waals surface area contributed by atoms with Gasteiger partial charge in [0.25, 0.3) is 0 Å². The summed E-state index contributed by atoms with van der Waals surface area (Å²) in [5.41, 5.74) is 2.00. The Balaban J connectivity index is 1.54. The fourth-order valence-corrected chi connectivity index (χ4v) is 7.60. The van der Waals surface area contributed by atoms with E-state index < -0.39 is 32.6 Å². The standard InChI is InChI=1S/C20H28N2O7S2/c1-12(23)22-31(26,27)29-19-8-7-18-17-5-3-13-11-14(28-30(21,24)25)4-6-15(13)16(17)9-10-20(18,19)2/h4,6,11,16-19H,3,5,7-10H2,1-2H3,(H,22,23)(H2,21,24,25)/t16-,17-,18+,19+,20+/m1/s1. The Morgan fingerprint density at radius 1 is 1.16 bits per heavy atom. The number of aryl methyl sites for hydroxylation is 1. The van der Waals surface area contributed by atoms with Crippen molar-refractivity contribution >= 4 is 26.5 Å². The van der Waals surface area contributed by atoms with Gasteiger partial charge in [0.15, 0.2) is 0 Å². The summed E-state index contributed by atoms with van der Waals surface area (Å²) < 4.78 is 59.0. The number of rotatable bonds is 5. The normalized spacial score (nSPS) is 32.5. The van der Waals surface area contributed by atoms with Crippen LogP contribution in [0.15, 0.2) is 18.2 Å². The van der Waals surface area contributed by atoms with Crippen molar-refractivity contribution < 1.29 is 30.0 Å². The third-order valence-electron chi connectivity index (χ3n) is 7.33. The zero-order valence-electron chi connectivity index (χ0n) is 17.5. The lowest BCUT2D eigenvalue weighted by Crippen LogP contribution is -2.46. The molecule has 9 nitrogen and oxygen atoms in total. The Bertz CT molecular complexity index is 1100. The van der Waals surface area contributed by atoms with Crippen LogP contribution in [0.5, 0.6) is 5.75 Å². The molecule has 3 aliphatic rings. The van der Waals surface area contributed by atoms with Crippen LogP contribution >= 0.6 is 0 Å². The topological polar surface area (TPSA) is 142 Å². The number of fused-ring (bicyclic) bond motifs is 5. The van der Waals surface area contributed by atoms with E-state index in [1.807, 2.05) is 10.8 Å². The Hall–Kier alpha value is -1.69. The molecular weight excluding hydrogens is 444 g/mol. The average molecular weight is 473 g/mol. The predicted molar refractivity (Wildman–Crippen MR) is 112 cm³/mol. The van der Waals surface area contributed by atoms with Crippen molar-refractivity contribution in [1.82, 2.24) is 4.72 Å². The number of hydrogen-bond acceptors (Lipinski definition) is 7. The summed E-state index contributed by atoms with van der Waals surface area (Å²) in [7, 11) is -8.19. The van der Waals surface area contributed by atoms with Crippen LogP contribution in [0.4, 0.5) is 0 Å². The molecule has 0 bridgehead atoms. The molecule has 0 aromatic heterocycles. The van der Waals surface area contributed by atoms with Crippen molar-refractivity contribution in [2.75, 3.05) is 0 Å². The Labute approximate surface area is 183 Å². The molecule has 1 amide bonds. The first-order valence-electron chi connectivity index (χ1n) is 10.4. The second-order valence-corrected chi connectivity index (χ2v) is 11.6. The molecule has 0 unspecified atom stereocenters. The number of benzene rings is 1. The summed E-state index contributed by atoms with van der Waals surface area (Å²) in [6.07, 6.45) is 4.48. The average Bonchev–Trinajstić information content (AvgIpc) is 2.94. The van der Waals surface area contributed by atoms with E-state index >= 15 is 0 Å². The lowest BCUT2D eigenvalue weighted by Gasteiger charge is -2.50. The van der Waals surface area contributed by atoms with Gasteiger partial charge in [0.1, 0.15) is 5.75 Å². The number of carbonyl (C=O) groups excluding carboxylic acids is 1. The molecule has 3 aliphatic carbocycles. The summed E-state index contributed by atoms with van der Waals surface area (Å²) in [6, 6.07) is 5.32. The van der Waals surface area contributed by atoms with E-state index in [-0.39, 0.29) is 11.2 Å². The molecule has 1 aromatic rings. The van der Waals surface area contributed by atoms with Crippen molar-refractivity contribution in [3.63, 3.8) is 0 Å². The zero-order chi connectivity index (χ0) is 22.6. The molecule has 0 heterocycles. The molecule has 4 rings (SSSR count). The van der Waals surface area contributed by atoms with Gasteiger partial charge in [-0.1, -0.05) is 13.0 Å². The van der Waals surface area contributed by atoms with E-state index in [2.05, 4.69) is 6.92 Å². The molecular formula is C20H28N2O7S2. The summed E-state index contributed by atoms with van der Waals surface area (Å²) >= 11 is 0. The minimum Gasteiger partial charge on any atom is -0.371 e. The summed E-state index contributed by atoms with van der Waals surface area (Å²) in [4.78, 5) is 11.2. The fourth-order valence-electron chi connectivity index (χ4n) is 6.21. The molecule has 5 atom stereocenters. The van der Waals surface area contributed by atoms with Gasteiger partial charge in [-0.3, -0.25) is 4.79 Å². The van der Waals surface area contributed by atoms with E-state index in [1.165, 1.54) is 5.56 Å². The molecule has 0 aliphatic heterocycles. The first-order valence-corrected chi connectivity index (χ1v) is 13.3. The number of hydrogen-bond donors (Lipinski definition) is 2. The van der Waals surface area contributed by atoms with Crippen LogP contribution in [-0.4, -0.2) is 28.8 Å². The van der Waals surface area contributed by atoms with Gasteiger partial charge >= 0.3 is 20.6 Å². The molecule has 0 saturated heterocycles. The van der Waals surface area contributed by atoms with Crippen molar-refractivity contribution in [2.24, 2.45) is 22.4 Å². The van der Waals surface area contributed by atoms with Crippen molar-refractivity contribution in [1.29, 1.82) is 0 Å². The van der Waals surface area contributed by atoms with E-state index in [0.29, 0.717) is 24.2 Å². The largest absolute Gasteiger partial charge is 0.380 e. The second-order valence-electron chi connectivity index (χ2n) is 9.17. The zero-order valence-corrected chi connectivity index (χ0v) is 19.2. The van der Waals surface area contributed by atoms with Crippen LogP contribution < -0.4 is 14.0 Å². The molecule has 172 valence electrons. The predicted octanol–water partition coefficient (Wildman–Crippen LogP) is 1.89. The third kappa shape index (κ3) is 4.46. The van der Waals surface area contributed by atoms with Crippen molar-refractivity contribution in [2.45, 2.75) is 64.4 Å². The highest BCUT2D eigenvalue weighted by molar-refractivity contribution is 7.85. The maximum Gasteiger partial charge on any atom is 0.380 e. The van der Waals surface area contributed by atoms with Crippen LogP contribution in [0.25, 0.3) is 0 Å². The Kier molecular flexibility index (Phi) is 5.60. The van der Waals surface area contributed by atoms with E-state index in [9.17, 15) is 21.6 Å². The quantitative estimate of drug-likeness (QED) is 0.666. The molecule has 3 N–H and O–H groups in total. The van der Waals surface area contributed by atoms with E-state index in [0.717, 1.165) is 44.6 Å². The van der Waals surface area contributed by atoms with Gasteiger partial charge in [0, 0.05) is 6.92 Å². The monoisotopic (exact) mass is 472 g/mol. The smallest absolute Gasteiger partial charge is 0.371 e. The van der Waals surface area contributed by atoms with Gasteiger partial charge < -0.3 is 4.18 Å². The molecule has 2 saturated carbocycles. The van der Waals surface area contributed by atoms with Gasteiger partial charge in [0.2, 0.25) is 5.91 Å². The van der Waals surface area contributed by atoms with Crippen LogP contribution in [0.1, 0.15) is 63.0 Å². The molecule has 0 spiro atoms. The van der Waals surface area contributed by atoms with E-state index in [1.54, 1.807) is 12.1 Å². The first kappa shape index (κ1) is 22.5. The van der Waals surface area contributed by atoms with Crippen LogP contribution in [-0.2, 0) is 36.0 Å². The molecule has 1 aromatic carbocycles. The minimum absolute atomic E-state index is 0.220. The number of carbonyl (C=O) groups is 1. The molecule has 11 heteroatoms. The Morgan fingerprint density at radius 3 is 2.58 bits per heavy atom.